The summed E-state index contributed by atoms with van der Waals surface area (Å²) in [6, 6.07) is 6.79. The monoisotopic (exact) mass is 350 g/mol. The highest BCUT2D eigenvalue weighted by Crippen LogP contribution is 2.18. The van der Waals surface area contributed by atoms with E-state index in [4.69, 9.17) is 0 Å². The first-order valence-electron chi connectivity index (χ1n) is 7.76. The van der Waals surface area contributed by atoms with Crippen molar-refractivity contribution >= 4 is 33.5 Å². The Morgan fingerprint density at radius 3 is 2.77 bits per heavy atom. The van der Waals surface area contributed by atoms with Crippen LogP contribution in [0.5, 0.6) is 0 Å². The average molecular weight is 350 g/mol. The second-order valence-electron chi connectivity index (χ2n) is 5.89. The first-order valence-corrected chi connectivity index (χ1v) is 7.76. The molecule has 0 spiro atoms. The number of aromatic amines is 1. The van der Waals surface area contributed by atoms with Gasteiger partial charge in [0, 0.05) is 19.5 Å². The van der Waals surface area contributed by atoms with Crippen LogP contribution in [0.2, 0.25) is 0 Å². The van der Waals surface area contributed by atoms with E-state index in [1.165, 1.54) is 30.9 Å². The number of carbonyl (C=O) groups is 1. The summed E-state index contributed by atoms with van der Waals surface area (Å²) in [4.78, 5) is 41.1. The number of anilines is 1. The third-order valence-electron chi connectivity index (χ3n) is 4.27. The molecule has 9 nitrogen and oxygen atoms in total. The molecule has 0 atom stereocenters. The number of para-hydroxylation sites is 1. The van der Waals surface area contributed by atoms with Crippen LogP contribution in [0, 0.1) is 0 Å². The molecule has 0 bridgehead atoms. The minimum Gasteiger partial charge on any atom is -0.320 e. The lowest BCUT2D eigenvalue weighted by molar-refractivity contribution is 0.102. The predicted molar refractivity (Wildman–Crippen MR) is 96.3 cm³/mol. The van der Waals surface area contributed by atoms with Crippen LogP contribution >= 0.6 is 0 Å². The fourth-order valence-corrected chi connectivity index (χ4v) is 2.89. The molecule has 1 aromatic carbocycles. The summed E-state index contributed by atoms with van der Waals surface area (Å²) < 4.78 is 2.29. The van der Waals surface area contributed by atoms with E-state index < -0.39 is 11.2 Å². The number of benzene rings is 1. The first kappa shape index (κ1) is 15.8. The van der Waals surface area contributed by atoms with Crippen molar-refractivity contribution < 1.29 is 4.79 Å². The number of fused-ring (bicyclic) bond motifs is 2. The van der Waals surface area contributed by atoms with E-state index in [1.807, 2.05) is 6.07 Å². The Morgan fingerprint density at radius 2 is 1.96 bits per heavy atom. The summed E-state index contributed by atoms with van der Waals surface area (Å²) in [6.07, 6.45) is 3.04. The fourth-order valence-electron chi connectivity index (χ4n) is 2.89. The molecule has 0 saturated carbocycles. The smallest absolute Gasteiger partial charge is 0.320 e. The standard InChI is InChI=1S/C17H14N6O3/c1-22-14-12(16(25)23(2)17(22)26)6-10(8-18-14)20-15(24)11-5-3-4-9-7-19-21-13(9)11/h3-8H,1-2H3,(H,19,21)(H,20,24). The van der Waals surface area contributed by atoms with Crippen molar-refractivity contribution in [2.24, 2.45) is 14.1 Å². The van der Waals surface area contributed by atoms with Crippen molar-refractivity contribution in [3.8, 4) is 0 Å². The molecule has 0 aliphatic heterocycles. The Hall–Kier alpha value is -3.75. The van der Waals surface area contributed by atoms with E-state index >= 15 is 0 Å². The number of nitrogens with zero attached hydrogens (tertiary/aromatic N) is 4. The lowest BCUT2D eigenvalue weighted by Gasteiger charge is -2.09. The van der Waals surface area contributed by atoms with Crippen molar-refractivity contribution in [3.63, 3.8) is 0 Å². The Balaban J connectivity index is 1.78. The number of H-pyrrole nitrogens is 1. The lowest BCUT2D eigenvalue weighted by Crippen LogP contribution is -2.37. The van der Waals surface area contributed by atoms with Gasteiger partial charge in [-0.2, -0.15) is 5.10 Å². The van der Waals surface area contributed by atoms with E-state index in [2.05, 4.69) is 20.5 Å². The summed E-state index contributed by atoms with van der Waals surface area (Å²) >= 11 is 0. The lowest BCUT2D eigenvalue weighted by atomic mass is 10.1. The van der Waals surface area contributed by atoms with Gasteiger partial charge in [-0.05, 0) is 12.1 Å². The zero-order chi connectivity index (χ0) is 18.4. The predicted octanol–water partition coefficient (Wildman–Crippen LogP) is 0.761. The van der Waals surface area contributed by atoms with Crippen molar-refractivity contribution in [1.29, 1.82) is 0 Å². The number of aromatic nitrogens is 5. The average Bonchev–Trinajstić information content (AvgIpc) is 3.13. The minimum atomic E-state index is -0.470. The number of pyridine rings is 1. The second kappa shape index (κ2) is 5.66. The Morgan fingerprint density at radius 1 is 1.15 bits per heavy atom. The van der Waals surface area contributed by atoms with Crippen LogP contribution < -0.4 is 16.6 Å². The van der Waals surface area contributed by atoms with Gasteiger partial charge >= 0.3 is 5.69 Å². The highest BCUT2D eigenvalue weighted by atomic mass is 16.2. The number of rotatable bonds is 2. The molecule has 3 heterocycles. The summed E-state index contributed by atoms with van der Waals surface area (Å²) in [5.74, 6) is -0.359. The molecule has 4 aromatic rings. The molecule has 4 rings (SSSR count). The molecule has 3 aromatic heterocycles. The molecule has 1 amide bonds. The topological polar surface area (TPSA) is 115 Å². The maximum absolute atomic E-state index is 12.6. The van der Waals surface area contributed by atoms with Crippen molar-refractivity contribution in [2.75, 3.05) is 5.32 Å². The van der Waals surface area contributed by atoms with E-state index in [9.17, 15) is 14.4 Å². The Bertz CT molecular complexity index is 1300. The molecule has 0 radical (unpaired) electrons. The first-order chi connectivity index (χ1) is 12.5. The Kier molecular flexibility index (Phi) is 3.43. The van der Waals surface area contributed by atoms with Gasteiger partial charge in [-0.1, -0.05) is 12.1 Å². The van der Waals surface area contributed by atoms with E-state index in [0.717, 1.165) is 9.95 Å². The number of hydrogen-bond donors (Lipinski definition) is 2. The minimum absolute atomic E-state index is 0.243. The summed E-state index contributed by atoms with van der Waals surface area (Å²) in [5, 5.41) is 10.5. The molecular formula is C17H14N6O3. The van der Waals surface area contributed by atoms with E-state index in [-0.39, 0.29) is 16.9 Å². The molecule has 0 saturated heterocycles. The summed E-state index contributed by atoms with van der Waals surface area (Å²) in [5.41, 5.74) is 0.729. The number of nitrogens with one attached hydrogen (secondary N) is 2. The maximum Gasteiger partial charge on any atom is 0.332 e. The summed E-state index contributed by atoms with van der Waals surface area (Å²) in [7, 11) is 2.93. The van der Waals surface area contributed by atoms with Crippen LogP contribution in [-0.2, 0) is 14.1 Å². The molecule has 0 unspecified atom stereocenters. The Labute approximate surface area is 145 Å². The van der Waals surface area contributed by atoms with E-state index in [1.54, 1.807) is 18.3 Å². The van der Waals surface area contributed by atoms with Gasteiger partial charge in [0.25, 0.3) is 11.5 Å². The number of carbonyl (C=O) groups excluding carboxylic acids is 1. The highest BCUT2D eigenvalue weighted by molar-refractivity contribution is 6.12. The van der Waals surface area contributed by atoms with Crippen LogP contribution in [0.1, 0.15) is 10.4 Å². The van der Waals surface area contributed by atoms with Gasteiger partial charge < -0.3 is 5.32 Å². The molecule has 0 fully saturated rings. The highest BCUT2D eigenvalue weighted by Gasteiger charge is 2.14. The fraction of sp³-hybridized carbons (Fsp3) is 0.118. The SMILES string of the molecule is Cn1c(=O)c2cc(NC(=O)c3cccc4cn[nH]c34)cnc2n(C)c1=O. The van der Waals surface area contributed by atoms with Crippen molar-refractivity contribution in [1.82, 2.24) is 24.3 Å². The van der Waals surface area contributed by atoms with Gasteiger partial charge in [0.1, 0.15) is 5.65 Å². The number of aryl methyl sites for hydroxylation is 1. The van der Waals surface area contributed by atoms with Crippen molar-refractivity contribution in [3.05, 3.63) is 63.1 Å². The van der Waals surface area contributed by atoms with E-state index in [0.29, 0.717) is 16.8 Å². The van der Waals surface area contributed by atoms with Gasteiger partial charge in [0.15, 0.2) is 0 Å². The molecule has 0 aliphatic carbocycles. The third kappa shape index (κ3) is 2.29. The maximum atomic E-state index is 12.6. The van der Waals surface area contributed by atoms with Crippen molar-refractivity contribution in [2.45, 2.75) is 0 Å². The second-order valence-corrected chi connectivity index (χ2v) is 5.89. The van der Waals surface area contributed by atoms with Gasteiger partial charge in [0.05, 0.1) is 34.5 Å². The van der Waals surface area contributed by atoms with Gasteiger partial charge in [-0.15, -0.1) is 0 Å². The van der Waals surface area contributed by atoms with Gasteiger partial charge in [-0.25, -0.2) is 9.78 Å². The van der Waals surface area contributed by atoms with Crippen LogP contribution in [0.25, 0.3) is 21.9 Å². The molecule has 130 valence electrons. The molecule has 2 N–H and O–H groups in total. The third-order valence-corrected chi connectivity index (χ3v) is 4.27. The quantitative estimate of drug-likeness (QED) is 0.554. The number of hydrogen-bond acceptors (Lipinski definition) is 5. The molecule has 0 aliphatic rings. The van der Waals surface area contributed by atoms with Gasteiger partial charge in [-0.3, -0.25) is 23.8 Å². The zero-order valence-corrected chi connectivity index (χ0v) is 14.0. The van der Waals surface area contributed by atoms with Gasteiger partial charge in [0.2, 0.25) is 0 Å². The van der Waals surface area contributed by atoms with Crippen LogP contribution in [0.3, 0.4) is 0 Å². The molecule has 26 heavy (non-hydrogen) atoms. The van der Waals surface area contributed by atoms with Crippen LogP contribution in [0.15, 0.2) is 46.2 Å². The molecule has 9 heteroatoms. The van der Waals surface area contributed by atoms with Crippen LogP contribution in [0.4, 0.5) is 5.69 Å². The zero-order valence-electron chi connectivity index (χ0n) is 14.0. The molecular weight excluding hydrogens is 336 g/mol. The summed E-state index contributed by atoms with van der Waals surface area (Å²) in [6.45, 7) is 0. The largest absolute Gasteiger partial charge is 0.332 e. The number of amides is 1. The normalized spacial score (nSPS) is 11.2. The van der Waals surface area contributed by atoms with Crippen LogP contribution in [-0.4, -0.2) is 30.2 Å².